The van der Waals surface area contributed by atoms with Gasteiger partial charge in [0, 0.05) is 18.2 Å². The van der Waals surface area contributed by atoms with Crippen molar-refractivity contribution in [3.05, 3.63) is 63.9 Å². The number of allylic oxidation sites excluding steroid dienone is 7. The van der Waals surface area contributed by atoms with Crippen LogP contribution in [-0.4, -0.2) is 23.2 Å². The second-order valence-electron chi connectivity index (χ2n) is 5.33. The predicted octanol–water partition coefficient (Wildman–Crippen LogP) is 4.94. The molecule has 0 saturated carbocycles. The van der Waals surface area contributed by atoms with Gasteiger partial charge in [0.25, 0.3) is 5.97 Å². The molecule has 1 N–H and O–H groups in total. The Bertz CT molecular complexity index is 685. The van der Waals surface area contributed by atoms with Crippen molar-refractivity contribution in [2.75, 3.05) is 7.11 Å². The van der Waals surface area contributed by atoms with Gasteiger partial charge >= 0.3 is 0 Å². The molecule has 0 radical (unpaired) electrons. The Balaban J connectivity index is 0.000000648. The topological polar surface area (TPSA) is 59.4 Å². The van der Waals surface area contributed by atoms with Crippen molar-refractivity contribution in [2.24, 2.45) is 5.92 Å². The summed E-state index contributed by atoms with van der Waals surface area (Å²) in [5.41, 5.74) is 3.41. The van der Waals surface area contributed by atoms with Crippen LogP contribution in [0.2, 0.25) is 0 Å². The summed E-state index contributed by atoms with van der Waals surface area (Å²) >= 11 is 1.67. The molecular weight excluding hydrogens is 322 g/mol. The van der Waals surface area contributed by atoms with Crippen molar-refractivity contribution in [2.45, 2.75) is 20.8 Å². The number of aromatic nitrogens is 1. The summed E-state index contributed by atoms with van der Waals surface area (Å²) < 4.78 is 5.11. The molecular formula is C19H23NO3S. The number of carboxylic acids is 1. The molecule has 1 heterocycles. The minimum atomic E-state index is -0.833. The molecule has 0 aromatic carbocycles. The lowest BCUT2D eigenvalue weighted by atomic mass is 9.95. The average Bonchev–Trinajstić information content (AvgIpc) is 2.93. The summed E-state index contributed by atoms with van der Waals surface area (Å²) in [6.07, 6.45) is 16.4. The maximum Gasteiger partial charge on any atom is 0.300 e. The summed E-state index contributed by atoms with van der Waals surface area (Å²) in [5.74, 6) is -0.589. The van der Waals surface area contributed by atoms with E-state index < -0.39 is 5.97 Å². The molecule has 1 unspecified atom stereocenters. The van der Waals surface area contributed by atoms with E-state index in [0.29, 0.717) is 0 Å². The molecule has 2 rings (SSSR count). The number of hydrogen-bond acceptors (Lipinski definition) is 4. The quantitative estimate of drug-likeness (QED) is 0.785. The second kappa shape index (κ2) is 10.4. The van der Waals surface area contributed by atoms with Crippen LogP contribution >= 0.6 is 11.3 Å². The smallest absolute Gasteiger partial charge is 0.300 e. The fourth-order valence-electron chi connectivity index (χ4n) is 1.89. The number of hydrogen-bond donors (Lipinski definition) is 1. The summed E-state index contributed by atoms with van der Waals surface area (Å²) in [6.45, 7) is 5.25. The van der Waals surface area contributed by atoms with Gasteiger partial charge < -0.3 is 9.84 Å². The van der Waals surface area contributed by atoms with Gasteiger partial charge in [0.2, 0.25) is 0 Å². The number of aliphatic carboxylic acids is 1. The highest BCUT2D eigenvalue weighted by Crippen LogP contribution is 2.22. The minimum Gasteiger partial charge on any atom is -0.504 e. The van der Waals surface area contributed by atoms with Crippen molar-refractivity contribution in [1.29, 1.82) is 0 Å². The number of nitrogens with zero attached hydrogens (tertiary/aromatic N) is 1. The zero-order valence-corrected chi connectivity index (χ0v) is 15.2. The molecule has 1 aromatic heterocycles. The molecule has 0 amide bonds. The van der Waals surface area contributed by atoms with Crippen molar-refractivity contribution >= 4 is 29.5 Å². The van der Waals surface area contributed by atoms with Crippen molar-refractivity contribution in [1.82, 2.24) is 4.98 Å². The lowest BCUT2D eigenvalue weighted by molar-refractivity contribution is -0.134. The number of rotatable bonds is 4. The van der Waals surface area contributed by atoms with E-state index in [1.807, 2.05) is 6.08 Å². The van der Waals surface area contributed by atoms with Crippen molar-refractivity contribution < 1.29 is 14.6 Å². The summed E-state index contributed by atoms with van der Waals surface area (Å²) in [5, 5.41) is 10.5. The van der Waals surface area contributed by atoms with Crippen LogP contribution < -0.4 is 0 Å². The first kappa shape index (κ1) is 19.6. The first-order valence-corrected chi connectivity index (χ1v) is 8.36. The largest absolute Gasteiger partial charge is 0.504 e. The third-order valence-electron chi connectivity index (χ3n) is 2.78. The summed E-state index contributed by atoms with van der Waals surface area (Å²) in [4.78, 5) is 13.6. The second-order valence-corrected chi connectivity index (χ2v) is 6.22. The van der Waals surface area contributed by atoms with Crippen LogP contribution in [0, 0.1) is 5.92 Å². The van der Waals surface area contributed by atoms with Crippen LogP contribution in [0.25, 0.3) is 12.2 Å². The molecule has 1 aromatic rings. The molecule has 0 saturated heterocycles. The van der Waals surface area contributed by atoms with Gasteiger partial charge in [-0.05, 0) is 31.6 Å². The highest BCUT2D eigenvalue weighted by Gasteiger charge is 2.08. The Morgan fingerprint density at radius 1 is 1.33 bits per heavy atom. The molecule has 1 aliphatic carbocycles. The van der Waals surface area contributed by atoms with E-state index in [1.165, 1.54) is 5.57 Å². The first-order chi connectivity index (χ1) is 11.4. The highest BCUT2D eigenvalue weighted by atomic mass is 32.1. The number of methoxy groups -OCH3 is 1. The first-order valence-electron chi connectivity index (χ1n) is 7.48. The van der Waals surface area contributed by atoms with Crippen LogP contribution in [0.1, 0.15) is 31.5 Å². The standard InChI is InChI=1S/C17H19NOS.C2H4O2/c1-13(2)10-17-18-16(12-20-17)9-8-14-6-4-5-7-15(14)11-19-3;1-2(3)4/h4-12,14H,1-3H3;1H3,(H,3,4)/b9-8+,15-11+;. The van der Waals surface area contributed by atoms with E-state index in [-0.39, 0.29) is 5.92 Å². The molecule has 1 atom stereocenters. The minimum absolute atomic E-state index is 0.244. The molecule has 0 spiro atoms. The van der Waals surface area contributed by atoms with E-state index >= 15 is 0 Å². The van der Waals surface area contributed by atoms with Gasteiger partial charge in [-0.15, -0.1) is 11.3 Å². The van der Waals surface area contributed by atoms with E-state index in [0.717, 1.165) is 23.2 Å². The molecule has 24 heavy (non-hydrogen) atoms. The average molecular weight is 345 g/mol. The monoisotopic (exact) mass is 345 g/mol. The number of thiazole rings is 1. The molecule has 5 heteroatoms. The van der Waals surface area contributed by atoms with Crippen LogP contribution in [0.15, 0.2) is 53.2 Å². The third-order valence-corrected chi connectivity index (χ3v) is 3.59. The third kappa shape index (κ3) is 7.74. The fraction of sp³-hybridized carbons (Fsp3) is 0.263. The number of carboxylic acid groups (broad SMARTS) is 1. The molecule has 0 aliphatic heterocycles. The number of ether oxygens (including phenoxy) is 1. The van der Waals surface area contributed by atoms with Gasteiger partial charge in [-0.3, -0.25) is 4.79 Å². The predicted molar refractivity (Wildman–Crippen MR) is 101 cm³/mol. The van der Waals surface area contributed by atoms with Crippen LogP contribution in [0.5, 0.6) is 0 Å². The van der Waals surface area contributed by atoms with Crippen LogP contribution in [0.4, 0.5) is 0 Å². The zero-order chi connectivity index (χ0) is 17.9. The van der Waals surface area contributed by atoms with E-state index in [2.05, 4.69) is 60.7 Å². The Kier molecular flexibility index (Phi) is 8.50. The Labute approximate surface area is 147 Å². The van der Waals surface area contributed by atoms with Crippen LogP contribution in [0.3, 0.4) is 0 Å². The van der Waals surface area contributed by atoms with E-state index in [9.17, 15) is 0 Å². The van der Waals surface area contributed by atoms with Gasteiger partial charge in [0.1, 0.15) is 5.01 Å². The summed E-state index contributed by atoms with van der Waals surface area (Å²) in [6, 6.07) is 0. The Morgan fingerprint density at radius 2 is 2.04 bits per heavy atom. The maximum atomic E-state index is 9.00. The van der Waals surface area contributed by atoms with Crippen LogP contribution in [-0.2, 0) is 9.53 Å². The number of carbonyl (C=O) groups is 1. The van der Waals surface area contributed by atoms with Gasteiger partial charge in [0.05, 0.1) is 19.1 Å². The Morgan fingerprint density at radius 3 is 2.67 bits per heavy atom. The molecule has 0 bridgehead atoms. The van der Waals surface area contributed by atoms with E-state index in [4.69, 9.17) is 14.6 Å². The molecule has 4 nitrogen and oxygen atoms in total. The van der Waals surface area contributed by atoms with Crippen molar-refractivity contribution in [3.63, 3.8) is 0 Å². The lowest BCUT2D eigenvalue weighted by Crippen LogP contribution is -1.98. The van der Waals surface area contributed by atoms with Gasteiger partial charge in [-0.25, -0.2) is 4.98 Å². The molecule has 0 fully saturated rings. The lowest BCUT2D eigenvalue weighted by Gasteiger charge is -2.11. The van der Waals surface area contributed by atoms with Gasteiger partial charge in [-0.1, -0.05) is 36.0 Å². The normalized spacial score (nSPS) is 17.5. The SMILES string of the molecule is CC(=O)O.CO/C=C1\C=CC=CC1/C=C/c1csc(C=C(C)C)n1. The Hall–Kier alpha value is -2.40. The highest BCUT2D eigenvalue weighted by molar-refractivity contribution is 7.10. The van der Waals surface area contributed by atoms with Gasteiger partial charge in [0.15, 0.2) is 0 Å². The van der Waals surface area contributed by atoms with Crippen molar-refractivity contribution in [3.8, 4) is 0 Å². The maximum absolute atomic E-state index is 9.00. The summed E-state index contributed by atoms with van der Waals surface area (Å²) in [7, 11) is 1.67. The van der Waals surface area contributed by atoms with Gasteiger partial charge in [-0.2, -0.15) is 0 Å². The molecule has 128 valence electrons. The zero-order valence-electron chi connectivity index (χ0n) is 14.4. The van der Waals surface area contributed by atoms with E-state index in [1.54, 1.807) is 24.7 Å². The fourth-order valence-corrected chi connectivity index (χ4v) is 2.73. The molecule has 1 aliphatic rings.